The molecule has 7 aromatic rings. The van der Waals surface area contributed by atoms with Crippen LogP contribution in [0.1, 0.15) is 37.8 Å². The minimum atomic E-state index is -1.77. The number of pyridine rings is 2. The van der Waals surface area contributed by atoms with Crippen LogP contribution in [0.2, 0.25) is 17.3 Å². The van der Waals surface area contributed by atoms with Gasteiger partial charge in [-0.15, -0.1) is 17.5 Å². The number of hydrogen-bond acceptors (Lipinski definition) is 3. The molecule has 0 aliphatic rings. The zero-order chi connectivity index (χ0) is 31.9. The minimum absolute atomic E-state index is 0. The van der Waals surface area contributed by atoms with Crippen molar-refractivity contribution in [2.75, 3.05) is 0 Å². The first kappa shape index (κ1) is 31.8. The Hall–Kier alpha value is -3.15. The van der Waals surface area contributed by atoms with Crippen LogP contribution < -0.4 is 4.40 Å². The molecule has 7 rings (SSSR count). The second kappa shape index (κ2) is 13.7. The standard InChI is InChI=1S/C25H20NS.C15H18GeN.Ir/c1-15(2)17-10-11-26-22(14-17)21-13-18-12-16(3)8-9-19(18)24-20-6-4-5-7-23(20)27-25(21)24;1-12-10-15(13-8-6-5-7-9-13)17-11-14(12)16(2,3)4;/h4-12,14-15H,1-3H3;5-8,10-11H,1-4H3;/q2*-1;/i15D;;. The van der Waals surface area contributed by atoms with Gasteiger partial charge in [0.05, 0.1) is 0 Å². The molecule has 5 heteroatoms. The van der Waals surface area contributed by atoms with E-state index in [1.807, 2.05) is 50.4 Å². The Labute approximate surface area is 289 Å². The molecular weight excluding hydrogens is 805 g/mol. The zero-order valence-electron chi connectivity index (χ0n) is 27.9. The summed E-state index contributed by atoms with van der Waals surface area (Å²) in [6.45, 7) is 8.13. The van der Waals surface area contributed by atoms with Crippen molar-refractivity contribution in [3.63, 3.8) is 0 Å². The second-order valence-electron chi connectivity index (χ2n) is 12.7. The molecule has 0 N–H and O–H groups in total. The van der Waals surface area contributed by atoms with Crippen LogP contribution in [0.25, 0.3) is 53.5 Å². The SMILES string of the molecule is Cc1cc(-c2[c-]cccc2)nc[c]1[Ge]([CH3])([CH3])[CH3].[2H]C(C)(C)c1ccnc(-c2[c-]c3cc(C)ccc3c3c2sc2ccccc23)c1.[Ir]. The summed E-state index contributed by atoms with van der Waals surface area (Å²) in [7, 11) is 0. The Morgan fingerprint density at radius 2 is 1.62 bits per heavy atom. The van der Waals surface area contributed by atoms with Gasteiger partial charge in [0.1, 0.15) is 0 Å². The van der Waals surface area contributed by atoms with E-state index in [0.29, 0.717) is 0 Å². The molecule has 2 nitrogen and oxygen atoms in total. The second-order valence-corrected chi connectivity index (χ2v) is 24.3. The molecule has 0 bridgehead atoms. The van der Waals surface area contributed by atoms with Crippen LogP contribution in [-0.2, 0) is 20.1 Å². The molecule has 0 saturated heterocycles. The van der Waals surface area contributed by atoms with Crippen molar-refractivity contribution in [2.45, 2.75) is 50.9 Å². The van der Waals surface area contributed by atoms with Crippen molar-refractivity contribution < 1.29 is 21.5 Å². The summed E-state index contributed by atoms with van der Waals surface area (Å²) in [5, 5.41) is 4.91. The van der Waals surface area contributed by atoms with Crippen molar-refractivity contribution in [1.29, 1.82) is 0 Å². The molecule has 0 unspecified atom stereocenters. The number of thiophene rings is 1. The van der Waals surface area contributed by atoms with E-state index < -0.39 is 19.2 Å². The maximum atomic E-state index is 8.41. The number of aromatic nitrogens is 2. The molecule has 3 heterocycles. The predicted octanol–water partition coefficient (Wildman–Crippen LogP) is 10.9. The van der Waals surface area contributed by atoms with Crippen molar-refractivity contribution in [3.8, 4) is 22.5 Å². The number of fused-ring (bicyclic) bond motifs is 5. The fourth-order valence-corrected chi connectivity index (χ4v) is 10.6. The van der Waals surface area contributed by atoms with E-state index in [1.165, 1.54) is 41.1 Å². The fraction of sp³-hybridized carbons (Fsp3) is 0.200. The monoisotopic (exact) mass is 846 g/mol. The summed E-state index contributed by atoms with van der Waals surface area (Å²) < 4.78 is 12.4. The first-order valence-electron chi connectivity index (χ1n) is 15.6. The molecule has 0 spiro atoms. The number of hydrogen-bond donors (Lipinski definition) is 0. The van der Waals surface area contributed by atoms with Crippen LogP contribution in [0.4, 0.5) is 0 Å². The predicted molar refractivity (Wildman–Crippen MR) is 194 cm³/mol. The first-order valence-corrected chi connectivity index (χ1v) is 23.2. The van der Waals surface area contributed by atoms with Gasteiger partial charge >= 0.3 is 106 Å². The molecule has 0 saturated carbocycles. The van der Waals surface area contributed by atoms with Crippen molar-refractivity contribution in [3.05, 3.63) is 126 Å². The average Bonchev–Trinajstić information content (AvgIpc) is 3.40. The van der Waals surface area contributed by atoms with Gasteiger partial charge in [-0.1, -0.05) is 72.1 Å². The van der Waals surface area contributed by atoms with E-state index in [9.17, 15) is 0 Å². The van der Waals surface area contributed by atoms with Crippen LogP contribution >= 0.6 is 11.3 Å². The Morgan fingerprint density at radius 3 is 2.33 bits per heavy atom. The zero-order valence-corrected chi connectivity index (χ0v) is 32.2. The van der Waals surface area contributed by atoms with Gasteiger partial charge < -0.3 is 0 Å². The smallest absolute Gasteiger partial charge is 0.0346 e. The molecular formula is C40H38GeIrN2S-2. The first-order chi connectivity index (χ1) is 21.4. The van der Waals surface area contributed by atoms with Crippen LogP contribution in [0, 0.1) is 26.0 Å². The van der Waals surface area contributed by atoms with E-state index in [4.69, 9.17) is 1.37 Å². The van der Waals surface area contributed by atoms with E-state index in [2.05, 4.69) is 114 Å². The van der Waals surface area contributed by atoms with Crippen molar-refractivity contribution in [1.82, 2.24) is 9.97 Å². The molecule has 0 fully saturated rings. The Kier molecular flexibility index (Phi) is 9.68. The van der Waals surface area contributed by atoms with Gasteiger partial charge in [0.25, 0.3) is 0 Å². The minimum Gasteiger partial charge on any atom is -0.295 e. The molecule has 0 amide bonds. The summed E-state index contributed by atoms with van der Waals surface area (Å²) in [5.41, 5.74) is 7.58. The third kappa shape index (κ3) is 7.00. The van der Waals surface area contributed by atoms with E-state index >= 15 is 0 Å². The van der Waals surface area contributed by atoms with Gasteiger partial charge in [0.2, 0.25) is 0 Å². The van der Waals surface area contributed by atoms with Crippen LogP contribution in [0.3, 0.4) is 0 Å². The summed E-state index contributed by atoms with van der Waals surface area (Å²) in [4.78, 5) is 9.26. The van der Waals surface area contributed by atoms with Gasteiger partial charge in [0.15, 0.2) is 0 Å². The molecule has 3 aromatic heterocycles. The number of aryl methyl sites for hydroxylation is 2. The number of benzene rings is 4. The molecule has 0 atom stereocenters. The van der Waals surface area contributed by atoms with Gasteiger partial charge in [-0.25, -0.2) is 0 Å². The largest absolute Gasteiger partial charge is 0.295 e. The Balaban J connectivity index is 0.000000200. The van der Waals surface area contributed by atoms with E-state index in [-0.39, 0.29) is 20.1 Å². The number of nitrogens with zero attached hydrogens (tertiary/aromatic N) is 2. The molecule has 0 aliphatic heterocycles. The quantitative estimate of drug-likeness (QED) is 0.130. The molecule has 229 valence electrons. The van der Waals surface area contributed by atoms with Gasteiger partial charge in [-0.2, -0.15) is 11.3 Å². The van der Waals surface area contributed by atoms with Gasteiger partial charge in [-0.05, 0) is 40.6 Å². The summed E-state index contributed by atoms with van der Waals surface area (Å²) in [5.74, 6) is 6.54. The number of rotatable bonds is 4. The van der Waals surface area contributed by atoms with E-state index in [0.717, 1.165) is 33.5 Å². The third-order valence-electron chi connectivity index (χ3n) is 8.02. The molecule has 4 aromatic carbocycles. The topological polar surface area (TPSA) is 25.8 Å². The Bertz CT molecular complexity index is 2160. The normalized spacial score (nSPS) is 12.0. The van der Waals surface area contributed by atoms with Gasteiger partial charge in [0, 0.05) is 38.1 Å². The maximum absolute atomic E-state index is 8.41. The molecule has 1 radical (unpaired) electrons. The van der Waals surface area contributed by atoms with Crippen molar-refractivity contribution >= 4 is 59.9 Å². The molecule has 45 heavy (non-hydrogen) atoms. The maximum Gasteiger partial charge on any atom is 0.0346 e. The van der Waals surface area contributed by atoms with E-state index in [1.54, 1.807) is 11.3 Å². The third-order valence-corrected chi connectivity index (χ3v) is 13.7. The van der Waals surface area contributed by atoms with Crippen LogP contribution in [-0.4, -0.2) is 23.2 Å². The molecule has 0 aliphatic carbocycles. The van der Waals surface area contributed by atoms with Crippen LogP contribution in [0.5, 0.6) is 0 Å². The van der Waals surface area contributed by atoms with Gasteiger partial charge in [-0.3, -0.25) is 4.98 Å². The Morgan fingerprint density at radius 1 is 0.844 bits per heavy atom. The summed E-state index contributed by atoms with van der Waals surface area (Å²) in [6.07, 6.45) is 3.89. The summed E-state index contributed by atoms with van der Waals surface area (Å²) >= 11 is 0.0248. The van der Waals surface area contributed by atoms with Crippen LogP contribution in [0.15, 0.2) is 97.3 Å². The van der Waals surface area contributed by atoms with Crippen molar-refractivity contribution in [2.24, 2.45) is 0 Å². The average molecular weight is 845 g/mol. The fourth-order valence-electron chi connectivity index (χ4n) is 5.76. The summed E-state index contributed by atoms with van der Waals surface area (Å²) in [6, 6.07) is 36.2.